The SMILES string of the molecule is O=C(O)CC1CN(C(=O)C2C3CC4CC(C3)CC2C4)C1. The van der Waals surface area contributed by atoms with E-state index in [1.165, 1.54) is 32.1 Å². The molecule has 1 aliphatic heterocycles. The molecule has 0 spiro atoms. The lowest BCUT2D eigenvalue weighted by Crippen LogP contribution is -2.57. The van der Waals surface area contributed by atoms with Crippen molar-refractivity contribution in [3.8, 4) is 0 Å². The van der Waals surface area contributed by atoms with Crippen molar-refractivity contribution in [1.82, 2.24) is 4.90 Å². The fraction of sp³-hybridized carbons (Fsp3) is 0.875. The Morgan fingerprint density at radius 3 is 2.00 bits per heavy atom. The number of amides is 1. The van der Waals surface area contributed by atoms with Gasteiger partial charge in [0.1, 0.15) is 0 Å². The maximum atomic E-state index is 12.7. The molecule has 1 saturated heterocycles. The third-order valence-corrected chi connectivity index (χ3v) is 6.24. The molecule has 0 atom stereocenters. The molecule has 20 heavy (non-hydrogen) atoms. The first-order valence-electron chi connectivity index (χ1n) is 8.10. The van der Waals surface area contributed by atoms with Crippen molar-refractivity contribution in [1.29, 1.82) is 0 Å². The van der Waals surface area contributed by atoms with E-state index in [1.807, 2.05) is 4.90 Å². The van der Waals surface area contributed by atoms with Crippen LogP contribution in [0, 0.1) is 35.5 Å². The first kappa shape index (κ1) is 12.7. The van der Waals surface area contributed by atoms with E-state index < -0.39 is 5.97 Å². The Kier molecular flexibility index (Phi) is 2.83. The normalized spacial score (nSPS) is 42.6. The summed E-state index contributed by atoms with van der Waals surface area (Å²) in [7, 11) is 0. The Morgan fingerprint density at radius 1 is 0.950 bits per heavy atom. The summed E-state index contributed by atoms with van der Waals surface area (Å²) < 4.78 is 0. The Bertz CT molecular complexity index is 413. The van der Waals surface area contributed by atoms with Crippen LogP contribution in [0.2, 0.25) is 0 Å². The molecular formula is C16H23NO3. The Balaban J connectivity index is 1.39. The summed E-state index contributed by atoms with van der Waals surface area (Å²) in [5.41, 5.74) is 0. The highest BCUT2D eigenvalue weighted by atomic mass is 16.4. The van der Waals surface area contributed by atoms with Crippen LogP contribution in [0.3, 0.4) is 0 Å². The minimum Gasteiger partial charge on any atom is -0.481 e. The largest absolute Gasteiger partial charge is 0.481 e. The van der Waals surface area contributed by atoms with E-state index in [0.717, 1.165) is 11.8 Å². The number of carbonyl (C=O) groups is 2. The highest BCUT2D eigenvalue weighted by Gasteiger charge is 2.52. The van der Waals surface area contributed by atoms with Gasteiger partial charge in [-0.15, -0.1) is 0 Å². The van der Waals surface area contributed by atoms with Crippen LogP contribution in [0.4, 0.5) is 0 Å². The average molecular weight is 277 g/mol. The van der Waals surface area contributed by atoms with Gasteiger partial charge < -0.3 is 10.0 Å². The number of nitrogens with zero attached hydrogens (tertiary/aromatic N) is 1. The van der Waals surface area contributed by atoms with Gasteiger partial charge in [-0.1, -0.05) is 0 Å². The van der Waals surface area contributed by atoms with E-state index in [1.54, 1.807) is 0 Å². The predicted molar refractivity (Wildman–Crippen MR) is 72.9 cm³/mol. The van der Waals surface area contributed by atoms with Crippen LogP contribution in [0.1, 0.15) is 38.5 Å². The Hall–Kier alpha value is -1.06. The summed E-state index contributed by atoms with van der Waals surface area (Å²) in [6.45, 7) is 1.35. The number of rotatable bonds is 3. The molecular weight excluding hydrogens is 254 g/mol. The summed E-state index contributed by atoms with van der Waals surface area (Å²) in [5, 5.41) is 8.78. The van der Waals surface area contributed by atoms with Crippen LogP contribution in [0.25, 0.3) is 0 Å². The summed E-state index contributed by atoms with van der Waals surface area (Å²) >= 11 is 0. The molecule has 5 aliphatic rings. The second-order valence-electron chi connectivity index (χ2n) is 7.66. The lowest BCUT2D eigenvalue weighted by atomic mass is 9.51. The maximum Gasteiger partial charge on any atom is 0.303 e. The number of hydrogen-bond donors (Lipinski definition) is 1. The van der Waals surface area contributed by atoms with Crippen LogP contribution in [-0.4, -0.2) is 35.0 Å². The lowest BCUT2D eigenvalue weighted by molar-refractivity contribution is -0.157. The summed E-state index contributed by atoms with van der Waals surface area (Å²) in [6, 6.07) is 0. The van der Waals surface area contributed by atoms with E-state index in [9.17, 15) is 9.59 Å². The molecule has 5 rings (SSSR count). The second kappa shape index (κ2) is 4.47. The van der Waals surface area contributed by atoms with Crippen molar-refractivity contribution >= 4 is 11.9 Å². The topological polar surface area (TPSA) is 57.6 Å². The first-order chi connectivity index (χ1) is 9.60. The highest BCUT2D eigenvalue weighted by molar-refractivity contribution is 5.81. The average Bonchev–Trinajstić information content (AvgIpc) is 2.31. The smallest absolute Gasteiger partial charge is 0.303 e. The molecule has 0 aromatic carbocycles. The molecule has 0 aromatic rings. The number of likely N-dealkylation sites (tertiary alicyclic amines) is 1. The molecule has 4 aliphatic carbocycles. The molecule has 0 radical (unpaired) electrons. The molecule has 1 heterocycles. The van der Waals surface area contributed by atoms with Crippen molar-refractivity contribution in [3.05, 3.63) is 0 Å². The molecule has 4 saturated carbocycles. The van der Waals surface area contributed by atoms with Crippen LogP contribution < -0.4 is 0 Å². The Labute approximate surface area is 119 Å². The van der Waals surface area contributed by atoms with Gasteiger partial charge in [-0.05, 0) is 55.8 Å². The molecule has 0 aromatic heterocycles. The maximum absolute atomic E-state index is 12.7. The molecule has 1 N–H and O–H groups in total. The van der Waals surface area contributed by atoms with E-state index in [2.05, 4.69) is 0 Å². The molecule has 4 heteroatoms. The van der Waals surface area contributed by atoms with Crippen molar-refractivity contribution < 1.29 is 14.7 Å². The summed E-state index contributed by atoms with van der Waals surface area (Å²) in [5.74, 6) is 3.14. The molecule has 0 unspecified atom stereocenters. The van der Waals surface area contributed by atoms with E-state index in [4.69, 9.17) is 5.11 Å². The van der Waals surface area contributed by atoms with Crippen molar-refractivity contribution in [2.45, 2.75) is 38.5 Å². The van der Waals surface area contributed by atoms with Gasteiger partial charge in [0.05, 0.1) is 6.42 Å². The van der Waals surface area contributed by atoms with Crippen molar-refractivity contribution in [2.24, 2.45) is 35.5 Å². The van der Waals surface area contributed by atoms with E-state index >= 15 is 0 Å². The summed E-state index contributed by atoms with van der Waals surface area (Å²) in [4.78, 5) is 25.3. The van der Waals surface area contributed by atoms with Gasteiger partial charge in [-0.25, -0.2) is 0 Å². The second-order valence-corrected chi connectivity index (χ2v) is 7.66. The molecule has 110 valence electrons. The summed E-state index contributed by atoms with van der Waals surface area (Å²) in [6.07, 6.45) is 6.72. The third-order valence-electron chi connectivity index (χ3n) is 6.24. The fourth-order valence-electron chi connectivity index (χ4n) is 5.67. The molecule has 4 bridgehead atoms. The third kappa shape index (κ3) is 1.95. The van der Waals surface area contributed by atoms with Crippen molar-refractivity contribution in [3.63, 3.8) is 0 Å². The van der Waals surface area contributed by atoms with Crippen molar-refractivity contribution in [2.75, 3.05) is 13.1 Å². The molecule has 5 fully saturated rings. The quantitative estimate of drug-likeness (QED) is 0.858. The van der Waals surface area contributed by atoms with Gasteiger partial charge in [0.2, 0.25) is 5.91 Å². The van der Waals surface area contributed by atoms with Gasteiger partial charge in [0.25, 0.3) is 0 Å². The number of carboxylic acids is 1. The fourth-order valence-corrected chi connectivity index (χ4v) is 5.67. The zero-order chi connectivity index (χ0) is 13.9. The standard InChI is InChI=1S/C16H23NO3/c18-14(19)6-11-7-17(8-11)16(20)15-12-2-9-1-10(4-12)5-13(15)3-9/h9-13,15H,1-8H2,(H,18,19). The first-order valence-corrected chi connectivity index (χ1v) is 8.10. The van der Waals surface area contributed by atoms with Gasteiger partial charge >= 0.3 is 5.97 Å². The van der Waals surface area contributed by atoms with Crippen LogP contribution in [0.5, 0.6) is 0 Å². The lowest BCUT2D eigenvalue weighted by Gasteiger charge is -2.55. The Morgan fingerprint density at radius 2 is 1.50 bits per heavy atom. The number of carbonyl (C=O) groups excluding carboxylic acids is 1. The number of aliphatic carboxylic acids is 1. The molecule has 1 amide bonds. The van der Waals surface area contributed by atoms with Crippen LogP contribution >= 0.6 is 0 Å². The van der Waals surface area contributed by atoms with E-state index in [0.29, 0.717) is 30.8 Å². The molecule has 4 nitrogen and oxygen atoms in total. The highest BCUT2D eigenvalue weighted by Crippen LogP contribution is 2.57. The minimum absolute atomic E-state index is 0.188. The monoisotopic (exact) mass is 277 g/mol. The minimum atomic E-state index is -0.739. The van der Waals surface area contributed by atoms with Crippen LogP contribution in [-0.2, 0) is 9.59 Å². The predicted octanol–water partition coefficient (Wildman–Crippen LogP) is 1.99. The zero-order valence-electron chi connectivity index (χ0n) is 11.8. The van der Waals surface area contributed by atoms with Gasteiger partial charge in [0.15, 0.2) is 0 Å². The zero-order valence-corrected chi connectivity index (χ0v) is 11.8. The van der Waals surface area contributed by atoms with Gasteiger partial charge in [-0.3, -0.25) is 9.59 Å². The number of hydrogen-bond acceptors (Lipinski definition) is 2. The van der Waals surface area contributed by atoms with Gasteiger partial charge in [-0.2, -0.15) is 0 Å². The van der Waals surface area contributed by atoms with Gasteiger partial charge in [0, 0.05) is 24.9 Å². The number of carboxylic acid groups (broad SMARTS) is 1. The van der Waals surface area contributed by atoms with Crippen LogP contribution in [0.15, 0.2) is 0 Å². The van der Waals surface area contributed by atoms with E-state index in [-0.39, 0.29) is 18.3 Å².